The van der Waals surface area contributed by atoms with Gasteiger partial charge in [0.25, 0.3) is 0 Å². The third-order valence-corrected chi connectivity index (χ3v) is 6.37. The van der Waals surface area contributed by atoms with E-state index in [1.54, 1.807) is 6.07 Å². The molecule has 33 heavy (non-hydrogen) atoms. The van der Waals surface area contributed by atoms with E-state index >= 15 is 0 Å². The van der Waals surface area contributed by atoms with Crippen LogP contribution in [0.25, 0.3) is 22.4 Å². The van der Waals surface area contributed by atoms with Crippen LogP contribution in [0, 0.1) is 30.4 Å². The lowest BCUT2D eigenvalue weighted by Crippen LogP contribution is -2.23. The molecule has 1 aliphatic rings. The fraction of sp³-hybridized carbons (Fsp3) is 0.385. The monoisotopic (exact) mass is 454 g/mol. The molecule has 1 heterocycles. The lowest BCUT2D eigenvalue weighted by Gasteiger charge is -2.28. The molecule has 0 spiro atoms. The van der Waals surface area contributed by atoms with Crippen molar-refractivity contribution in [2.45, 2.75) is 39.2 Å². The molecule has 1 aromatic heterocycles. The van der Waals surface area contributed by atoms with Crippen LogP contribution in [0.1, 0.15) is 31.4 Å². The van der Waals surface area contributed by atoms with E-state index in [4.69, 9.17) is 14.9 Å². The molecule has 0 amide bonds. The highest BCUT2D eigenvalue weighted by Gasteiger charge is 2.26. The van der Waals surface area contributed by atoms with Gasteiger partial charge in [0.2, 0.25) is 0 Å². The van der Waals surface area contributed by atoms with E-state index in [-0.39, 0.29) is 12.2 Å². The molecule has 0 radical (unpaired) electrons. The van der Waals surface area contributed by atoms with Crippen LogP contribution in [0.5, 0.6) is 0 Å². The zero-order chi connectivity index (χ0) is 23.4. The van der Waals surface area contributed by atoms with Crippen molar-refractivity contribution in [3.8, 4) is 22.4 Å². The summed E-state index contributed by atoms with van der Waals surface area (Å²) in [5, 5.41) is 13.5. The van der Waals surface area contributed by atoms with Gasteiger partial charge in [-0.3, -0.25) is 4.68 Å². The second-order valence-corrected chi connectivity index (χ2v) is 8.75. The lowest BCUT2D eigenvalue weighted by molar-refractivity contribution is -0.142. The molecule has 1 saturated carbocycles. The molecule has 0 unspecified atom stereocenters. The summed E-state index contributed by atoms with van der Waals surface area (Å²) in [4.78, 5) is 10.6. The maximum atomic E-state index is 14.8. The summed E-state index contributed by atoms with van der Waals surface area (Å²) in [5.74, 6) is -1.92. The normalized spacial score (nSPS) is 18.4. The molecule has 1 fully saturated rings. The van der Waals surface area contributed by atoms with Crippen LogP contribution in [0.2, 0.25) is 0 Å². The Bertz CT molecular complexity index is 1110. The largest absolute Gasteiger partial charge is 0.480 e. The summed E-state index contributed by atoms with van der Waals surface area (Å²) >= 11 is 0. The Hall–Kier alpha value is -3.06. The number of carbonyl (C=O) groups is 1. The smallest absolute Gasteiger partial charge is 0.329 e. The number of ether oxygens (including phenoxy) is 1. The molecule has 7 heteroatoms. The van der Waals surface area contributed by atoms with E-state index in [1.807, 2.05) is 41.9 Å². The van der Waals surface area contributed by atoms with Gasteiger partial charge in [-0.25, -0.2) is 13.6 Å². The lowest BCUT2D eigenvalue weighted by atomic mass is 9.82. The van der Waals surface area contributed by atoms with Crippen molar-refractivity contribution >= 4 is 5.97 Å². The first kappa shape index (κ1) is 23.1. The van der Waals surface area contributed by atoms with Crippen LogP contribution < -0.4 is 0 Å². The highest BCUT2D eigenvalue weighted by atomic mass is 19.2. The second kappa shape index (κ2) is 10.3. The van der Waals surface area contributed by atoms with Crippen molar-refractivity contribution in [2.24, 2.45) is 11.8 Å². The number of carboxylic acids is 1. The molecule has 0 atom stereocenters. The molecule has 2 aromatic carbocycles. The summed E-state index contributed by atoms with van der Waals surface area (Å²) in [6, 6.07) is 13.9. The van der Waals surface area contributed by atoms with Crippen LogP contribution >= 0.6 is 0 Å². The maximum absolute atomic E-state index is 14.8. The van der Waals surface area contributed by atoms with E-state index in [9.17, 15) is 13.6 Å². The molecule has 0 aliphatic heterocycles. The first-order chi connectivity index (χ1) is 15.9. The van der Waals surface area contributed by atoms with E-state index in [1.165, 1.54) is 6.07 Å². The summed E-state index contributed by atoms with van der Waals surface area (Å²) < 4.78 is 36.0. The Morgan fingerprint density at radius 1 is 1.06 bits per heavy atom. The summed E-state index contributed by atoms with van der Waals surface area (Å²) in [7, 11) is 0. The standard InChI is InChI=1S/C26H28F2N2O3/c1-17-24(21-8-5-9-22(27)25(21)28)26(20-6-3-2-4-7-20)30(29-17)14-18-10-12-19(13-11-18)15-33-16-23(31)32/h2-9,18-19H,10-16H2,1H3,(H,31,32). The highest BCUT2D eigenvalue weighted by molar-refractivity contribution is 5.83. The zero-order valence-corrected chi connectivity index (χ0v) is 18.6. The number of benzene rings is 2. The number of aliphatic carboxylic acids is 1. The fourth-order valence-electron chi connectivity index (χ4n) is 4.76. The molecule has 0 saturated heterocycles. The molecule has 4 rings (SSSR count). The van der Waals surface area contributed by atoms with E-state index in [2.05, 4.69) is 0 Å². The van der Waals surface area contributed by atoms with E-state index < -0.39 is 17.6 Å². The van der Waals surface area contributed by atoms with Gasteiger partial charge in [0.05, 0.1) is 18.0 Å². The maximum Gasteiger partial charge on any atom is 0.329 e. The third-order valence-electron chi connectivity index (χ3n) is 6.37. The fourth-order valence-corrected chi connectivity index (χ4v) is 4.76. The Labute approximate surface area is 192 Å². The molecule has 5 nitrogen and oxygen atoms in total. The predicted molar refractivity (Wildman–Crippen MR) is 122 cm³/mol. The van der Waals surface area contributed by atoms with Crippen molar-refractivity contribution in [3.05, 3.63) is 65.9 Å². The highest BCUT2D eigenvalue weighted by Crippen LogP contribution is 2.38. The zero-order valence-electron chi connectivity index (χ0n) is 18.6. The topological polar surface area (TPSA) is 64.4 Å². The molecule has 0 bridgehead atoms. The number of hydrogen-bond acceptors (Lipinski definition) is 3. The molecular weight excluding hydrogens is 426 g/mol. The first-order valence-corrected chi connectivity index (χ1v) is 11.3. The molecular formula is C26H28F2N2O3. The summed E-state index contributed by atoms with van der Waals surface area (Å²) in [6.07, 6.45) is 3.91. The second-order valence-electron chi connectivity index (χ2n) is 8.75. The number of hydrogen-bond donors (Lipinski definition) is 1. The minimum absolute atomic E-state index is 0.219. The van der Waals surface area contributed by atoms with Gasteiger partial charge >= 0.3 is 5.97 Å². The molecule has 174 valence electrons. The van der Waals surface area contributed by atoms with Crippen LogP contribution in [0.3, 0.4) is 0 Å². The quantitative estimate of drug-likeness (QED) is 0.473. The van der Waals surface area contributed by atoms with Gasteiger partial charge in [0.15, 0.2) is 11.6 Å². The minimum atomic E-state index is -0.947. The van der Waals surface area contributed by atoms with E-state index in [0.29, 0.717) is 36.2 Å². The number of nitrogens with zero attached hydrogens (tertiary/aromatic N) is 2. The Morgan fingerprint density at radius 2 is 1.76 bits per heavy atom. The summed E-state index contributed by atoms with van der Waals surface area (Å²) in [5.41, 5.74) is 3.21. The number of aromatic nitrogens is 2. The van der Waals surface area contributed by atoms with Crippen LogP contribution in [-0.2, 0) is 16.1 Å². The van der Waals surface area contributed by atoms with Gasteiger partial charge in [0.1, 0.15) is 6.61 Å². The van der Waals surface area contributed by atoms with Crippen LogP contribution in [0.4, 0.5) is 8.78 Å². The van der Waals surface area contributed by atoms with Gasteiger partial charge < -0.3 is 9.84 Å². The van der Waals surface area contributed by atoms with Crippen LogP contribution in [-0.4, -0.2) is 34.1 Å². The van der Waals surface area contributed by atoms with Crippen LogP contribution in [0.15, 0.2) is 48.5 Å². The summed E-state index contributed by atoms with van der Waals surface area (Å²) in [6.45, 7) is 2.73. The molecule has 3 aromatic rings. The first-order valence-electron chi connectivity index (χ1n) is 11.3. The van der Waals surface area contributed by atoms with Crippen molar-refractivity contribution in [1.82, 2.24) is 9.78 Å². The van der Waals surface area contributed by atoms with Crippen molar-refractivity contribution in [3.63, 3.8) is 0 Å². The minimum Gasteiger partial charge on any atom is -0.480 e. The number of halogens is 2. The van der Waals surface area contributed by atoms with Crippen molar-refractivity contribution in [2.75, 3.05) is 13.2 Å². The number of rotatable bonds is 8. The van der Waals surface area contributed by atoms with Gasteiger partial charge in [-0.05, 0) is 50.5 Å². The Kier molecular flexibility index (Phi) is 7.18. The average molecular weight is 455 g/mol. The predicted octanol–water partition coefficient (Wildman–Crippen LogP) is 5.71. The number of carboxylic acid groups (broad SMARTS) is 1. The number of aryl methyl sites for hydroxylation is 1. The average Bonchev–Trinajstić information content (AvgIpc) is 3.12. The SMILES string of the molecule is Cc1nn(CC2CCC(COCC(=O)O)CC2)c(-c2ccccc2)c1-c1cccc(F)c1F. The Balaban J connectivity index is 1.58. The Morgan fingerprint density at radius 3 is 2.45 bits per heavy atom. The van der Waals surface area contributed by atoms with E-state index in [0.717, 1.165) is 43.0 Å². The molecule has 1 aliphatic carbocycles. The molecule has 1 N–H and O–H groups in total. The van der Waals surface area contributed by atoms with Gasteiger partial charge in [-0.2, -0.15) is 5.10 Å². The third kappa shape index (κ3) is 5.30. The van der Waals surface area contributed by atoms with Gasteiger partial charge in [0, 0.05) is 23.2 Å². The van der Waals surface area contributed by atoms with Gasteiger partial charge in [-0.1, -0.05) is 42.5 Å². The van der Waals surface area contributed by atoms with Crippen molar-refractivity contribution < 1.29 is 23.4 Å². The van der Waals surface area contributed by atoms with Gasteiger partial charge in [-0.15, -0.1) is 0 Å². The van der Waals surface area contributed by atoms with Crippen molar-refractivity contribution in [1.29, 1.82) is 0 Å².